The van der Waals surface area contributed by atoms with E-state index >= 15 is 0 Å². The van der Waals surface area contributed by atoms with E-state index in [9.17, 15) is 0 Å². The third-order valence-electron chi connectivity index (χ3n) is 4.48. The van der Waals surface area contributed by atoms with E-state index in [-0.39, 0.29) is 0 Å². The minimum atomic E-state index is 0.847. The number of piperazine rings is 1. The highest BCUT2D eigenvalue weighted by atomic mass is 32.1. The third-order valence-corrected chi connectivity index (χ3v) is 5.42. The molecule has 2 aliphatic heterocycles. The van der Waals surface area contributed by atoms with Gasteiger partial charge in [0.15, 0.2) is 0 Å². The van der Waals surface area contributed by atoms with Gasteiger partial charge in [-0.15, -0.1) is 11.3 Å². The average molecular weight is 279 g/mol. The first-order valence-corrected chi connectivity index (χ1v) is 8.49. The van der Waals surface area contributed by atoms with Crippen molar-refractivity contribution in [2.45, 2.75) is 25.3 Å². The molecule has 0 atom stereocenters. The summed E-state index contributed by atoms with van der Waals surface area (Å²) in [4.78, 5) is 6.88. The van der Waals surface area contributed by atoms with Crippen LogP contribution in [0.15, 0.2) is 17.5 Å². The summed E-state index contributed by atoms with van der Waals surface area (Å²) in [5.41, 5.74) is 0. The quantitative estimate of drug-likeness (QED) is 0.904. The van der Waals surface area contributed by atoms with Crippen LogP contribution in [0.5, 0.6) is 0 Å². The molecule has 3 nitrogen and oxygen atoms in total. The molecule has 0 saturated carbocycles. The Hall–Kier alpha value is -0.420. The zero-order chi connectivity index (χ0) is 12.9. The van der Waals surface area contributed by atoms with Gasteiger partial charge in [-0.2, -0.15) is 0 Å². The van der Waals surface area contributed by atoms with Crippen LogP contribution in [0.3, 0.4) is 0 Å². The van der Waals surface area contributed by atoms with Crippen LogP contribution in [-0.4, -0.2) is 61.7 Å². The molecule has 0 aliphatic carbocycles. The van der Waals surface area contributed by atoms with Gasteiger partial charge in [-0.3, -0.25) is 4.90 Å². The Balaban J connectivity index is 1.39. The molecule has 1 aromatic heterocycles. The molecule has 3 heterocycles. The molecule has 106 valence electrons. The van der Waals surface area contributed by atoms with Crippen LogP contribution in [0.2, 0.25) is 0 Å². The molecule has 0 amide bonds. The lowest BCUT2D eigenvalue weighted by molar-refractivity contribution is 0.0985. The van der Waals surface area contributed by atoms with Crippen LogP contribution >= 0.6 is 11.3 Å². The second kappa shape index (κ2) is 6.84. The lowest BCUT2D eigenvalue weighted by Crippen LogP contribution is -2.52. The SMILES string of the molecule is c1csc(CCN2CCC(N3CCNCC3)CC2)c1. The van der Waals surface area contributed by atoms with Crippen molar-refractivity contribution in [3.8, 4) is 0 Å². The number of hydrogen-bond donors (Lipinski definition) is 1. The van der Waals surface area contributed by atoms with Crippen molar-refractivity contribution in [3.05, 3.63) is 22.4 Å². The summed E-state index contributed by atoms with van der Waals surface area (Å²) in [5, 5.41) is 5.63. The first kappa shape index (κ1) is 13.6. The molecule has 4 heteroatoms. The Kier molecular flexibility index (Phi) is 4.88. The van der Waals surface area contributed by atoms with Crippen molar-refractivity contribution in [3.63, 3.8) is 0 Å². The maximum Gasteiger partial charge on any atom is 0.0121 e. The van der Waals surface area contributed by atoms with E-state index in [1.807, 2.05) is 11.3 Å². The zero-order valence-electron chi connectivity index (χ0n) is 11.7. The van der Waals surface area contributed by atoms with Crippen molar-refractivity contribution in [2.24, 2.45) is 0 Å². The summed E-state index contributed by atoms with van der Waals surface area (Å²) in [7, 11) is 0. The van der Waals surface area contributed by atoms with Crippen LogP contribution < -0.4 is 5.32 Å². The summed E-state index contributed by atoms with van der Waals surface area (Å²) >= 11 is 1.89. The van der Waals surface area contributed by atoms with Gasteiger partial charge in [0.1, 0.15) is 0 Å². The van der Waals surface area contributed by atoms with E-state index < -0.39 is 0 Å². The van der Waals surface area contributed by atoms with E-state index in [0.29, 0.717) is 0 Å². The Bertz CT molecular complexity index is 351. The van der Waals surface area contributed by atoms with Crippen molar-refractivity contribution in [2.75, 3.05) is 45.8 Å². The first-order chi connectivity index (χ1) is 9.42. The topological polar surface area (TPSA) is 18.5 Å². The second-order valence-corrected chi connectivity index (χ2v) is 6.72. The van der Waals surface area contributed by atoms with Crippen molar-refractivity contribution in [1.29, 1.82) is 0 Å². The van der Waals surface area contributed by atoms with Crippen molar-refractivity contribution >= 4 is 11.3 Å². The monoisotopic (exact) mass is 279 g/mol. The average Bonchev–Trinajstić information content (AvgIpc) is 3.00. The fourth-order valence-electron chi connectivity index (χ4n) is 3.28. The van der Waals surface area contributed by atoms with Gasteiger partial charge in [0.2, 0.25) is 0 Å². The third kappa shape index (κ3) is 3.78. The lowest BCUT2D eigenvalue weighted by Gasteiger charge is -2.40. The molecule has 0 radical (unpaired) electrons. The number of thiophene rings is 1. The Morgan fingerprint density at radius 2 is 1.95 bits per heavy atom. The highest BCUT2D eigenvalue weighted by Gasteiger charge is 2.25. The Morgan fingerprint density at radius 1 is 1.16 bits per heavy atom. The van der Waals surface area contributed by atoms with E-state index in [4.69, 9.17) is 0 Å². The van der Waals surface area contributed by atoms with Crippen LogP contribution in [-0.2, 0) is 6.42 Å². The highest BCUT2D eigenvalue weighted by Crippen LogP contribution is 2.18. The molecule has 1 N–H and O–H groups in total. The van der Waals surface area contributed by atoms with E-state index in [0.717, 1.165) is 6.04 Å². The van der Waals surface area contributed by atoms with Gasteiger partial charge < -0.3 is 10.2 Å². The summed E-state index contributed by atoms with van der Waals surface area (Å²) in [6.45, 7) is 8.69. The molecule has 0 spiro atoms. The number of piperidine rings is 1. The summed E-state index contributed by atoms with van der Waals surface area (Å²) in [6.07, 6.45) is 3.96. The van der Waals surface area contributed by atoms with E-state index in [1.54, 1.807) is 0 Å². The van der Waals surface area contributed by atoms with Gasteiger partial charge in [-0.25, -0.2) is 0 Å². The van der Waals surface area contributed by atoms with Gasteiger partial charge in [-0.1, -0.05) is 6.07 Å². The van der Waals surface area contributed by atoms with Crippen LogP contribution in [0.1, 0.15) is 17.7 Å². The summed E-state index contributed by atoms with van der Waals surface area (Å²) < 4.78 is 0. The van der Waals surface area contributed by atoms with E-state index in [1.165, 1.54) is 70.0 Å². The summed E-state index contributed by atoms with van der Waals surface area (Å²) in [5.74, 6) is 0. The molecule has 2 fully saturated rings. The molecule has 1 aromatic rings. The maximum atomic E-state index is 3.45. The number of rotatable bonds is 4. The highest BCUT2D eigenvalue weighted by molar-refractivity contribution is 7.09. The van der Waals surface area contributed by atoms with Gasteiger partial charge in [0, 0.05) is 43.6 Å². The predicted octanol–water partition coefficient (Wildman–Crippen LogP) is 1.66. The number of hydrogen-bond acceptors (Lipinski definition) is 4. The maximum absolute atomic E-state index is 3.45. The molecular formula is C15H25N3S. The van der Waals surface area contributed by atoms with Gasteiger partial charge in [0.25, 0.3) is 0 Å². The predicted molar refractivity (Wildman–Crippen MR) is 81.9 cm³/mol. The largest absolute Gasteiger partial charge is 0.314 e. The summed E-state index contributed by atoms with van der Waals surface area (Å²) in [6, 6.07) is 5.27. The molecule has 3 rings (SSSR count). The van der Waals surface area contributed by atoms with Crippen LogP contribution in [0, 0.1) is 0 Å². The number of likely N-dealkylation sites (tertiary alicyclic amines) is 1. The van der Waals surface area contributed by atoms with Gasteiger partial charge in [-0.05, 0) is 43.8 Å². The fourth-order valence-corrected chi connectivity index (χ4v) is 3.98. The smallest absolute Gasteiger partial charge is 0.0121 e. The van der Waals surface area contributed by atoms with Crippen molar-refractivity contribution < 1.29 is 0 Å². The molecular weight excluding hydrogens is 254 g/mol. The van der Waals surface area contributed by atoms with Gasteiger partial charge >= 0.3 is 0 Å². The molecule has 19 heavy (non-hydrogen) atoms. The molecule has 2 saturated heterocycles. The molecule has 0 unspecified atom stereocenters. The minimum absolute atomic E-state index is 0.847. The number of nitrogens with zero attached hydrogens (tertiary/aromatic N) is 2. The minimum Gasteiger partial charge on any atom is -0.314 e. The number of nitrogens with one attached hydrogen (secondary N) is 1. The Labute approximate surface area is 120 Å². The normalized spacial score (nSPS) is 23.8. The second-order valence-electron chi connectivity index (χ2n) is 5.69. The molecule has 0 bridgehead atoms. The lowest BCUT2D eigenvalue weighted by atomic mass is 10.0. The standard InChI is InChI=1S/C15H25N3S/c1-2-15(19-13-1)5-10-17-8-3-14(4-9-17)18-11-6-16-7-12-18/h1-2,13-14,16H,3-12H2. The van der Waals surface area contributed by atoms with Crippen LogP contribution in [0.4, 0.5) is 0 Å². The van der Waals surface area contributed by atoms with Gasteiger partial charge in [0.05, 0.1) is 0 Å². The van der Waals surface area contributed by atoms with E-state index in [2.05, 4.69) is 32.6 Å². The first-order valence-electron chi connectivity index (χ1n) is 7.61. The molecule has 2 aliphatic rings. The van der Waals surface area contributed by atoms with Crippen LogP contribution in [0.25, 0.3) is 0 Å². The molecule has 0 aromatic carbocycles. The fraction of sp³-hybridized carbons (Fsp3) is 0.733. The van der Waals surface area contributed by atoms with Crippen molar-refractivity contribution in [1.82, 2.24) is 15.1 Å². The zero-order valence-corrected chi connectivity index (χ0v) is 12.5. The Morgan fingerprint density at radius 3 is 2.63 bits per heavy atom.